The minimum absolute atomic E-state index is 0.0509. The quantitative estimate of drug-likeness (QED) is 0.758. The van der Waals surface area contributed by atoms with E-state index in [0.717, 1.165) is 42.3 Å². The van der Waals surface area contributed by atoms with Gasteiger partial charge >= 0.3 is 0 Å². The van der Waals surface area contributed by atoms with Gasteiger partial charge in [0.1, 0.15) is 5.82 Å². The molecule has 6 heteroatoms. The van der Waals surface area contributed by atoms with E-state index in [4.69, 9.17) is 0 Å². The van der Waals surface area contributed by atoms with Crippen molar-refractivity contribution in [1.29, 1.82) is 0 Å². The topological polar surface area (TPSA) is 63.1 Å². The van der Waals surface area contributed by atoms with Crippen LogP contribution in [0, 0.1) is 6.92 Å². The summed E-state index contributed by atoms with van der Waals surface area (Å²) < 4.78 is 2.01. The van der Waals surface area contributed by atoms with E-state index in [1.165, 1.54) is 0 Å². The second kappa shape index (κ2) is 7.72. The van der Waals surface area contributed by atoms with E-state index in [9.17, 15) is 4.79 Å². The number of nitrogens with one attached hydrogen (secondary N) is 1. The van der Waals surface area contributed by atoms with Crippen molar-refractivity contribution in [2.24, 2.45) is 0 Å². The summed E-state index contributed by atoms with van der Waals surface area (Å²) in [6.07, 6.45) is 7.41. The summed E-state index contributed by atoms with van der Waals surface area (Å²) in [5.74, 6) is 0.984. The van der Waals surface area contributed by atoms with Crippen LogP contribution in [0.4, 0.5) is 5.69 Å². The molecule has 0 radical (unpaired) electrons. The Morgan fingerprint density at radius 1 is 1.15 bits per heavy atom. The Labute approximate surface area is 158 Å². The molecular weight excluding hydrogens is 338 g/mol. The van der Waals surface area contributed by atoms with Crippen LogP contribution in [-0.2, 0) is 11.3 Å². The summed E-state index contributed by atoms with van der Waals surface area (Å²) in [5.41, 5.74) is 2.84. The number of nitrogens with zero attached hydrogens (tertiary/aromatic N) is 4. The highest BCUT2D eigenvalue weighted by Crippen LogP contribution is 2.22. The summed E-state index contributed by atoms with van der Waals surface area (Å²) in [5, 5.41) is 3.06. The van der Waals surface area contributed by atoms with Crippen molar-refractivity contribution in [2.75, 3.05) is 11.9 Å². The van der Waals surface area contributed by atoms with Crippen LogP contribution in [0.1, 0.15) is 24.4 Å². The highest BCUT2D eigenvalue weighted by Gasteiger charge is 2.30. The Kier molecular flexibility index (Phi) is 4.98. The van der Waals surface area contributed by atoms with E-state index >= 15 is 0 Å². The predicted molar refractivity (Wildman–Crippen MR) is 105 cm³/mol. The third-order valence-corrected chi connectivity index (χ3v) is 5.00. The molecule has 0 bridgehead atoms. The fraction of sp³-hybridized carbons (Fsp3) is 0.286. The van der Waals surface area contributed by atoms with Gasteiger partial charge in [-0.2, -0.15) is 0 Å². The zero-order valence-corrected chi connectivity index (χ0v) is 15.4. The Morgan fingerprint density at radius 3 is 2.70 bits per heavy atom. The molecule has 2 aromatic heterocycles. The van der Waals surface area contributed by atoms with Crippen molar-refractivity contribution < 1.29 is 4.79 Å². The van der Waals surface area contributed by atoms with E-state index in [1.807, 2.05) is 60.2 Å². The molecular formula is C21H23N5O. The monoisotopic (exact) mass is 361 g/mol. The third kappa shape index (κ3) is 3.90. The number of carbonyl (C=O) groups excluding carboxylic acids is 1. The lowest BCUT2D eigenvalue weighted by Crippen LogP contribution is -2.39. The first kappa shape index (κ1) is 17.4. The summed E-state index contributed by atoms with van der Waals surface area (Å²) in [6.45, 7) is 3.59. The van der Waals surface area contributed by atoms with Crippen LogP contribution in [0.3, 0.4) is 0 Å². The molecule has 3 heterocycles. The molecule has 27 heavy (non-hydrogen) atoms. The molecule has 1 aliphatic heterocycles. The van der Waals surface area contributed by atoms with Gasteiger partial charge in [0.2, 0.25) is 5.91 Å². The fourth-order valence-electron chi connectivity index (χ4n) is 3.59. The van der Waals surface area contributed by atoms with Crippen molar-refractivity contribution in [3.63, 3.8) is 0 Å². The zero-order valence-electron chi connectivity index (χ0n) is 15.4. The number of carbonyl (C=O) groups is 1. The molecule has 1 fully saturated rings. The molecule has 1 amide bonds. The molecule has 1 aromatic carbocycles. The third-order valence-electron chi connectivity index (χ3n) is 5.00. The van der Waals surface area contributed by atoms with E-state index in [2.05, 4.69) is 20.2 Å². The summed E-state index contributed by atoms with van der Waals surface area (Å²) >= 11 is 0. The lowest BCUT2D eigenvalue weighted by Gasteiger charge is -2.23. The van der Waals surface area contributed by atoms with Crippen LogP contribution in [0.5, 0.6) is 0 Å². The molecule has 138 valence electrons. The number of imidazole rings is 1. The lowest BCUT2D eigenvalue weighted by atomic mass is 10.2. The number of benzene rings is 1. The number of pyridine rings is 1. The highest BCUT2D eigenvalue weighted by molar-refractivity contribution is 5.95. The minimum atomic E-state index is -0.109. The summed E-state index contributed by atoms with van der Waals surface area (Å²) in [7, 11) is 0. The van der Waals surface area contributed by atoms with Crippen LogP contribution < -0.4 is 5.32 Å². The van der Waals surface area contributed by atoms with Gasteiger partial charge < -0.3 is 9.88 Å². The average Bonchev–Trinajstić information content (AvgIpc) is 3.32. The molecule has 0 aliphatic carbocycles. The standard InChI is InChI=1S/C21H23N5O/c1-16-22-12-14-26(16)19-9-7-17(8-10-19)24-21(27)20-6-4-13-25(20)15-18-5-2-3-11-23-18/h2-3,5,7-12,14,20H,4,6,13,15H2,1H3,(H,24,27). The molecule has 0 saturated carbocycles. The number of hydrogen-bond acceptors (Lipinski definition) is 4. The molecule has 1 unspecified atom stereocenters. The second-order valence-corrected chi connectivity index (χ2v) is 6.83. The Morgan fingerprint density at radius 2 is 2.00 bits per heavy atom. The first-order valence-corrected chi connectivity index (χ1v) is 9.26. The van der Waals surface area contributed by atoms with Gasteiger partial charge in [0, 0.05) is 36.5 Å². The summed E-state index contributed by atoms with van der Waals surface area (Å²) in [6, 6.07) is 13.6. The number of aromatic nitrogens is 3. The van der Waals surface area contributed by atoms with Gasteiger partial charge in [-0.1, -0.05) is 6.07 Å². The van der Waals surface area contributed by atoms with Gasteiger partial charge in [-0.15, -0.1) is 0 Å². The Hall–Kier alpha value is -2.99. The maximum absolute atomic E-state index is 12.8. The minimum Gasteiger partial charge on any atom is -0.325 e. The molecule has 3 aromatic rings. The van der Waals surface area contributed by atoms with E-state index in [0.29, 0.717) is 6.54 Å². The maximum atomic E-state index is 12.8. The molecule has 6 nitrogen and oxygen atoms in total. The lowest BCUT2D eigenvalue weighted by molar-refractivity contribution is -0.120. The highest BCUT2D eigenvalue weighted by atomic mass is 16.2. The van der Waals surface area contributed by atoms with Gasteiger partial charge in [0.15, 0.2) is 0 Å². The van der Waals surface area contributed by atoms with Gasteiger partial charge in [0.25, 0.3) is 0 Å². The normalized spacial score (nSPS) is 17.1. The van der Waals surface area contributed by atoms with Crippen LogP contribution in [-0.4, -0.2) is 37.9 Å². The number of rotatable bonds is 5. The van der Waals surface area contributed by atoms with Gasteiger partial charge in [-0.3, -0.25) is 14.7 Å². The summed E-state index contributed by atoms with van der Waals surface area (Å²) in [4.78, 5) is 23.6. The molecule has 4 rings (SSSR count). The van der Waals surface area contributed by atoms with Crippen molar-refractivity contribution in [3.05, 3.63) is 72.6 Å². The van der Waals surface area contributed by atoms with Crippen molar-refractivity contribution in [2.45, 2.75) is 32.4 Å². The molecule has 1 atom stereocenters. The average molecular weight is 361 g/mol. The first-order chi connectivity index (χ1) is 13.2. The molecule has 1 N–H and O–H groups in total. The van der Waals surface area contributed by atoms with E-state index in [1.54, 1.807) is 12.4 Å². The smallest absolute Gasteiger partial charge is 0.241 e. The van der Waals surface area contributed by atoms with Crippen LogP contribution in [0.15, 0.2) is 61.1 Å². The molecule has 1 aliphatic rings. The van der Waals surface area contributed by atoms with Gasteiger partial charge in [-0.05, 0) is 62.7 Å². The maximum Gasteiger partial charge on any atom is 0.241 e. The molecule has 1 saturated heterocycles. The number of amides is 1. The van der Waals surface area contributed by atoms with Gasteiger partial charge in [0.05, 0.1) is 11.7 Å². The number of anilines is 1. The predicted octanol–water partition coefficient (Wildman–Crippen LogP) is 3.18. The van der Waals surface area contributed by atoms with Crippen LogP contribution in [0.25, 0.3) is 5.69 Å². The van der Waals surface area contributed by atoms with Crippen molar-refractivity contribution in [3.8, 4) is 5.69 Å². The second-order valence-electron chi connectivity index (χ2n) is 6.83. The number of hydrogen-bond donors (Lipinski definition) is 1. The Balaban J connectivity index is 1.41. The first-order valence-electron chi connectivity index (χ1n) is 9.26. The number of likely N-dealkylation sites (tertiary alicyclic amines) is 1. The van der Waals surface area contributed by atoms with Crippen LogP contribution >= 0.6 is 0 Å². The van der Waals surface area contributed by atoms with Crippen molar-refractivity contribution >= 4 is 11.6 Å². The largest absolute Gasteiger partial charge is 0.325 e. The van der Waals surface area contributed by atoms with Gasteiger partial charge in [-0.25, -0.2) is 4.98 Å². The van der Waals surface area contributed by atoms with Crippen molar-refractivity contribution in [1.82, 2.24) is 19.4 Å². The fourth-order valence-corrected chi connectivity index (χ4v) is 3.59. The number of aryl methyl sites for hydroxylation is 1. The van der Waals surface area contributed by atoms with Crippen LogP contribution in [0.2, 0.25) is 0 Å². The SMILES string of the molecule is Cc1nccn1-c1ccc(NC(=O)C2CCCN2Cc2ccccn2)cc1. The van der Waals surface area contributed by atoms with E-state index < -0.39 is 0 Å². The molecule has 0 spiro atoms. The van der Waals surface area contributed by atoms with E-state index in [-0.39, 0.29) is 11.9 Å². The zero-order chi connectivity index (χ0) is 18.6. The Bertz CT molecular complexity index is 904.